The molecule has 1 unspecified atom stereocenters. The Hall–Kier alpha value is -1.62. The summed E-state index contributed by atoms with van der Waals surface area (Å²) in [6.45, 7) is 7.39. The van der Waals surface area contributed by atoms with E-state index in [9.17, 15) is 0 Å². The zero-order valence-electron chi connectivity index (χ0n) is 13.0. The van der Waals surface area contributed by atoms with Crippen molar-refractivity contribution in [2.24, 2.45) is 0 Å². The van der Waals surface area contributed by atoms with Crippen molar-refractivity contribution in [3.05, 3.63) is 34.3 Å². The van der Waals surface area contributed by atoms with E-state index in [-0.39, 0.29) is 6.04 Å². The van der Waals surface area contributed by atoms with Crippen LogP contribution in [0.5, 0.6) is 0 Å². The summed E-state index contributed by atoms with van der Waals surface area (Å²) in [7, 11) is 0. The summed E-state index contributed by atoms with van der Waals surface area (Å²) in [6.07, 6.45) is 3.04. The molecule has 0 aliphatic carbocycles. The summed E-state index contributed by atoms with van der Waals surface area (Å²) < 4.78 is 0. The van der Waals surface area contributed by atoms with E-state index in [1.165, 1.54) is 4.88 Å². The lowest BCUT2D eigenvalue weighted by Gasteiger charge is -2.15. The van der Waals surface area contributed by atoms with Crippen molar-refractivity contribution in [3.63, 3.8) is 0 Å². The SMILES string of the molecule is CCCNc1cc(NC(C)c2cccs2)nc(CCC)n1. The van der Waals surface area contributed by atoms with Crippen molar-refractivity contribution in [3.8, 4) is 0 Å². The van der Waals surface area contributed by atoms with Crippen LogP contribution in [0, 0.1) is 0 Å². The van der Waals surface area contributed by atoms with Crippen molar-refractivity contribution in [1.82, 2.24) is 9.97 Å². The van der Waals surface area contributed by atoms with Crippen LogP contribution in [0.2, 0.25) is 0 Å². The quantitative estimate of drug-likeness (QED) is 0.754. The number of anilines is 2. The molecule has 2 aromatic rings. The topological polar surface area (TPSA) is 49.8 Å². The second kappa shape index (κ2) is 7.98. The van der Waals surface area contributed by atoms with Crippen molar-refractivity contribution < 1.29 is 0 Å². The first-order valence-corrected chi connectivity index (χ1v) is 8.52. The highest BCUT2D eigenvalue weighted by molar-refractivity contribution is 7.10. The third-order valence-electron chi connectivity index (χ3n) is 3.14. The average molecular weight is 304 g/mol. The van der Waals surface area contributed by atoms with Gasteiger partial charge in [-0.05, 0) is 31.2 Å². The van der Waals surface area contributed by atoms with Crippen LogP contribution in [-0.4, -0.2) is 16.5 Å². The largest absolute Gasteiger partial charge is 0.370 e. The Kier molecular flexibility index (Phi) is 5.99. The molecule has 114 valence electrons. The lowest BCUT2D eigenvalue weighted by molar-refractivity contribution is 0.821. The Labute approximate surface area is 131 Å². The van der Waals surface area contributed by atoms with Gasteiger partial charge < -0.3 is 10.6 Å². The van der Waals surface area contributed by atoms with Crippen LogP contribution in [-0.2, 0) is 6.42 Å². The lowest BCUT2D eigenvalue weighted by atomic mass is 10.2. The molecular formula is C16H24N4S. The first-order valence-electron chi connectivity index (χ1n) is 7.64. The van der Waals surface area contributed by atoms with Crippen molar-refractivity contribution in [1.29, 1.82) is 0 Å². The zero-order valence-corrected chi connectivity index (χ0v) is 13.8. The van der Waals surface area contributed by atoms with Crippen LogP contribution in [0.1, 0.15) is 50.4 Å². The van der Waals surface area contributed by atoms with Crippen LogP contribution in [0.25, 0.3) is 0 Å². The summed E-state index contributed by atoms with van der Waals surface area (Å²) in [4.78, 5) is 10.5. The van der Waals surface area contributed by atoms with Gasteiger partial charge in [0.2, 0.25) is 0 Å². The monoisotopic (exact) mass is 304 g/mol. The van der Waals surface area contributed by atoms with Crippen LogP contribution in [0.15, 0.2) is 23.6 Å². The van der Waals surface area contributed by atoms with Gasteiger partial charge in [-0.2, -0.15) is 0 Å². The van der Waals surface area contributed by atoms with Crippen LogP contribution >= 0.6 is 11.3 Å². The highest BCUT2D eigenvalue weighted by atomic mass is 32.1. The van der Waals surface area contributed by atoms with Gasteiger partial charge in [-0.25, -0.2) is 9.97 Å². The molecule has 1 atom stereocenters. The Balaban J connectivity index is 2.14. The second-order valence-electron chi connectivity index (χ2n) is 5.11. The van der Waals surface area contributed by atoms with Crippen LogP contribution in [0.4, 0.5) is 11.6 Å². The van der Waals surface area contributed by atoms with Crippen LogP contribution in [0.3, 0.4) is 0 Å². The molecule has 0 aliphatic heterocycles. The Morgan fingerprint density at radius 3 is 2.67 bits per heavy atom. The number of aromatic nitrogens is 2. The van der Waals surface area contributed by atoms with Gasteiger partial charge in [-0.15, -0.1) is 11.3 Å². The highest BCUT2D eigenvalue weighted by Crippen LogP contribution is 2.23. The molecular weight excluding hydrogens is 280 g/mol. The molecule has 0 spiro atoms. The summed E-state index contributed by atoms with van der Waals surface area (Å²) in [5, 5.41) is 8.93. The van der Waals surface area contributed by atoms with Crippen molar-refractivity contribution in [2.75, 3.05) is 17.2 Å². The minimum absolute atomic E-state index is 0.258. The summed E-state index contributed by atoms with van der Waals surface area (Å²) in [6, 6.07) is 6.48. The zero-order chi connectivity index (χ0) is 15.1. The van der Waals surface area contributed by atoms with Crippen molar-refractivity contribution in [2.45, 2.75) is 46.1 Å². The summed E-state index contributed by atoms with van der Waals surface area (Å²) >= 11 is 1.76. The molecule has 5 heteroatoms. The van der Waals surface area contributed by atoms with E-state index in [1.54, 1.807) is 11.3 Å². The lowest BCUT2D eigenvalue weighted by Crippen LogP contribution is -2.11. The number of thiophene rings is 1. The first-order chi connectivity index (χ1) is 10.2. The predicted octanol–water partition coefficient (Wildman–Crippen LogP) is 4.49. The molecule has 0 saturated carbocycles. The average Bonchev–Trinajstić information content (AvgIpc) is 2.99. The molecule has 0 fully saturated rings. The van der Waals surface area contributed by atoms with Gasteiger partial charge in [-0.3, -0.25) is 0 Å². The van der Waals surface area contributed by atoms with E-state index in [4.69, 9.17) is 0 Å². The Morgan fingerprint density at radius 1 is 1.19 bits per heavy atom. The fourth-order valence-electron chi connectivity index (χ4n) is 2.08. The molecule has 21 heavy (non-hydrogen) atoms. The minimum atomic E-state index is 0.258. The van der Waals surface area contributed by atoms with Gasteiger partial charge in [0.1, 0.15) is 17.5 Å². The van der Waals surface area contributed by atoms with Gasteiger partial charge in [0.15, 0.2) is 0 Å². The number of hydrogen-bond acceptors (Lipinski definition) is 5. The first kappa shape index (κ1) is 15.8. The third kappa shape index (κ3) is 4.70. The standard InChI is InChI=1S/C16H24N4S/c1-4-7-14-19-15(17-9-5-2)11-16(20-14)18-12(3)13-8-6-10-21-13/h6,8,10-12H,4-5,7,9H2,1-3H3,(H2,17,18,19,20). The maximum absolute atomic E-state index is 4.62. The number of rotatable bonds is 8. The third-order valence-corrected chi connectivity index (χ3v) is 4.19. The van der Waals surface area contributed by atoms with E-state index in [0.717, 1.165) is 43.3 Å². The number of hydrogen-bond donors (Lipinski definition) is 2. The smallest absolute Gasteiger partial charge is 0.133 e. The van der Waals surface area contributed by atoms with E-state index >= 15 is 0 Å². The van der Waals surface area contributed by atoms with E-state index in [0.29, 0.717) is 0 Å². The molecule has 2 heterocycles. The molecule has 4 nitrogen and oxygen atoms in total. The molecule has 0 aliphatic rings. The predicted molar refractivity (Wildman–Crippen MR) is 91.2 cm³/mol. The minimum Gasteiger partial charge on any atom is -0.370 e. The van der Waals surface area contributed by atoms with Gasteiger partial charge in [0, 0.05) is 23.9 Å². The highest BCUT2D eigenvalue weighted by Gasteiger charge is 2.09. The maximum Gasteiger partial charge on any atom is 0.133 e. The number of nitrogens with one attached hydrogen (secondary N) is 2. The van der Waals surface area contributed by atoms with Crippen molar-refractivity contribution >= 4 is 23.0 Å². The van der Waals surface area contributed by atoms with E-state index < -0.39 is 0 Å². The van der Waals surface area contributed by atoms with Crippen LogP contribution < -0.4 is 10.6 Å². The molecule has 2 rings (SSSR count). The second-order valence-corrected chi connectivity index (χ2v) is 6.09. The molecule has 2 N–H and O–H groups in total. The van der Waals surface area contributed by atoms with Gasteiger partial charge >= 0.3 is 0 Å². The van der Waals surface area contributed by atoms with Gasteiger partial charge in [0.05, 0.1) is 6.04 Å². The molecule has 0 aromatic carbocycles. The number of aryl methyl sites for hydroxylation is 1. The molecule has 2 aromatic heterocycles. The van der Waals surface area contributed by atoms with Gasteiger partial charge in [-0.1, -0.05) is 19.9 Å². The van der Waals surface area contributed by atoms with Gasteiger partial charge in [0.25, 0.3) is 0 Å². The molecule has 0 bridgehead atoms. The number of nitrogens with zero attached hydrogens (tertiary/aromatic N) is 2. The maximum atomic E-state index is 4.62. The fraction of sp³-hybridized carbons (Fsp3) is 0.500. The molecule has 0 radical (unpaired) electrons. The Morgan fingerprint density at radius 2 is 2.00 bits per heavy atom. The summed E-state index contributed by atoms with van der Waals surface area (Å²) in [5.41, 5.74) is 0. The summed E-state index contributed by atoms with van der Waals surface area (Å²) in [5.74, 6) is 2.71. The Bertz CT molecular complexity index is 539. The van der Waals surface area contributed by atoms with E-state index in [1.807, 2.05) is 6.07 Å². The normalized spacial score (nSPS) is 12.1. The molecule has 0 saturated heterocycles. The van der Waals surface area contributed by atoms with E-state index in [2.05, 4.69) is 58.9 Å². The molecule has 0 amide bonds. The fourth-order valence-corrected chi connectivity index (χ4v) is 2.82.